The van der Waals surface area contributed by atoms with Gasteiger partial charge in [-0.2, -0.15) is 0 Å². The number of aliphatic carboxylic acids is 1. The van der Waals surface area contributed by atoms with Gasteiger partial charge in [-0.3, -0.25) is 9.59 Å². The second kappa shape index (κ2) is 17.6. The first-order valence-electron chi connectivity index (χ1n) is 21.8. The Morgan fingerprint density at radius 2 is 1.85 bits per heavy atom. The van der Waals surface area contributed by atoms with Crippen molar-refractivity contribution in [3.63, 3.8) is 0 Å². The summed E-state index contributed by atoms with van der Waals surface area (Å²) in [5, 5.41) is 26.0. The number of ether oxygens (including phenoxy) is 4. The van der Waals surface area contributed by atoms with Crippen LogP contribution in [0.4, 0.5) is 9.93 Å². The van der Waals surface area contributed by atoms with Gasteiger partial charge < -0.3 is 50.2 Å². The van der Waals surface area contributed by atoms with Crippen molar-refractivity contribution in [1.29, 1.82) is 0 Å². The Labute approximate surface area is 370 Å². The lowest BCUT2D eigenvalue weighted by atomic mass is 9.85. The highest BCUT2D eigenvalue weighted by molar-refractivity contribution is 7.14. The number of morpholine rings is 1. The number of carbonyl (C=O) groups is 4. The standard InChI is InChI=1S/C44H58ClN7O9S/c1-7-25-17-44(25,40(55)56)51-38(53)32-15-28(18-52(32)39(54)37(43(4,5)6)50-42(57)61-27-13-23-12-24(23)14-27)60-34-16-30(31-21-62-41(49-31)47-22(2)3)48-36-29(34)8-9-33(35(36)45)59-20-26-19-58-11-10-46-26/h8-9,16,21-28,32,37,46H,7,10-15,17-20H2,1-6H3,(H,47,49)(H,50,57)(H,51,53)(H,55,56)/t23-,24+,25-,26-,27+,28-,32+,37-,44-/m1/s1. The largest absolute Gasteiger partial charge is 0.490 e. The monoisotopic (exact) mass is 895 g/mol. The molecule has 2 saturated heterocycles. The van der Waals surface area contributed by atoms with E-state index < -0.39 is 53.0 Å². The van der Waals surface area contributed by atoms with Gasteiger partial charge in [-0.25, -0.2) is 19.6 Å². The van der Waals surface area contributed by atoms with Gasteiger partial charge in [0.05, 0.1) is 37.0 Å². The van der Waals surface area contributed by atoms with E-state index in [-0.39, 0.29) is 42.1 Å². The Bertz CT molecular complexity index is 2180. The molecule has 5 N–H and O–H groups in total. The number of carboxylic acids is 1. The molecule has 5 aliphatic rings. The van der Waals surface area contributed by atoms with E-state index in [1.807, 2.05) is 53.0 Å². The number of fused-ring (bicyclic) bond motifs is 2. The number of carbonyl (C=O) groups excluding carboxylic acids is 3. The summed E-state index contributed by atoms with van der Waals surface area (Å²) in [6.45, 7) is 13.6. The van der Waals surface area contributed by atoms with Crippen LogP contribution in [-0.2, 0) is 23.9 Å². The molecule has 9 atom stereocenters. The maximum absolute atomic E-state index is 14.8. The van der Waals surface area contributed by atoms with E-state index >= 15 is 0 Å². The van der Waals surface area contributed by atoms with Crippen LogP contribution in [0.5, 0.6) is 11.5 Å². The molecule has 0 bridgehead atoms. The molecule has 4 heterocycles. The van der Waals surface area contributed by atoms with Gasteiger partial charge in [0.2, 0.25) is 11.8 Å². The molecule has 3 aromatic rings. The molecule has 3 aliphatic carbocycles. The fraction of sp³-hybridized carbons (Fsp3) is 0.636. The number of rotatable bonds is 15. The summed E-state index contributed by atoms with van der Waals surface area (Å²) in [6.07, 6.45) is 2.09. The normalized spacial score (nSPS) is 28.3. The summed E-state index contributed by atoms with van der Waals surface area (Å²) in [4.78, 5) is 66.2. The molecule has 336 valence electrons. The van der Waals surface area contributed by atoms with E-state index in [0.29, 0.717) is 78.3 Å². The van der Waals surface area contributed by atoms with Crippen molar-refractivity contribution >= 4 is 62.8 Å². The zero-order valence-electron chi connectivity index (χ0n) is 36.1. The summed E-state index contributed by atoms with van der Waals surface area (Å²) in [5.41, 5.74) is -0.722. The number of aromatic nitrogens is 2. The van der Waals surface area contributed by atoms with E-state index in [2.05, 4.69) is 21.3 Å². The number of hydrogen-bond acceptors (Lipinski definition) is 13. The van der Waals surface area contributed by atoms with Crippen LogP contribution < -0.4 is 30.7 Å². The van der Waals surface area contributed by atoms with E-state index in [9.17, 15) is 24.3 Å². The minimum absolute atomic E-state index is 0.0107. The van der Waals surface area contributed by atoms with Crippen molar-refractivity contribution in [1.82, 2.24) is 30.8 Å². The number of likely N-dealkylation sites (tertiary alicyclic amines) is 1. The van der Waals surface area contributed by atoms with Crippen molar-refractivity contribution < 1.29 is 43.2 Å². The highest BCUT2D eigenvalue weighted by Gasteiger charge is 2.61. The summed E-state index contributed by atoms with van der Waals surface area (Å²) < 4.78 is 24.4. The Kier molecular flexibility index (Phi) is 12.5. The van der Waals surface area contributed by atoms with Gasteiger partial charge in [0.25, 0.3) is 0 Å². The lowest BCUT2D eigenvalue weighted by Gasteiger charge is -2.35. The van der Waals surface area contributed by atoms with Crippen LogP contribution in [0.3, 0.4) is 0 Å². The van der Waals surface area contributed by atoms with E-state index in [1.54, 1.807) is 12.1 Å². The molecule has 0 radical (unpaired) electrons. The highest BCUT2D eigenvalue weighted by Crippen LogP contribution is 2.52. The molecule has 2 aliphatic heterocycles. The number of pyridine rings is 1. The molecule has 18 heteroatoms. The van der Waals surface area contributed by atoms with Crippen molar-refractivity contribution in [2.24, 2.45) is 23.2 Å². The first-order chi connectivity index (χ1) is 29.5. The van der Waals surface area contributed by atoms with Crippen molar-refractivity contribution in [2.75, 3.05) is 38.2 Å². The molecule has 3 saturated carbocycles. The number of anilines is 1. The number of alkyl carbamates (subject to hydrolysis) is 1. The molecule has 8 rings (SSSR count). The fourth-order valence-electron chi connectivity index (χ4n) is 9.19. The average molecular weight is 897 g/mol. The van der Waals surface area contributed by atoms with Crippen LogP contribution in [0.2, 0.25) is 5.02 Å². The fourth-order valence-corrected chi connectivity index (χ4v) is 10.3. The zero-order chi connectivity index (χ0) is 44.1. The van der Waals surface area contributed by atoms with E-state index in [1.165, 1.54) is 22.7 Å². The third-order valence-corrected chi connectivity index (χ3v) is 13.9. The van der Waals surface area contributed by atoms with Gasteiger partial charge in [-0.05, 0) is 74.8 Å². The SMILES string of the molecule is CC[C@@H]1C[C@]1(NC(=O)[C@@H]1C[C@@H](Oc2cc(-c3csc(NC(C)C)n3)nc3c(Cl)c(OC[C@H]4COCCN4)ccc23)CN1C(=O)[C@@H](NC(=O)O[C@@H]1C[C@@H]2C[C@@H]2C1)C(C)(C)C)C(=O)O. The number of benzene rings is 1. The van der Waals surface area contributed by atoms with Gasteiger partial charge in [0.1, 0.15) is 58.7 Å². The van der Waals surface area contributed by atoms with Crippen LogP contribution in [0.15, 0.2) is 23.6 Å². The third kappa shape index (κ3) is 9.41. The van der Waals surface area contributed by atoms with Gasteiger partial charge in [0, 0.05) is 35.8 Å². The molecular weight excluding hydrogens is 838 g/mol. The van der Waals surface area contributed by atoms with Gasteiger partial charge in [-0.1, -0.05) is 45.7 Å². The molecule has 1 aromatic carbocycles. The van der Waals surface area contributed by atoms with Crippen molar-refractivity contribution in [3.05, 3.63) is 28.6 Å². The number of nitrogens with zero attached hydrogens (tertiary/aromatic N) is 3. The van der Waals surface area contributed by atoms with Crippen molar-refractivity contribution in [3.8, 4) is 22.9 Å². The molecule has 16 nitrogen and oxygen atoms in total. The van der Waals surface area contributed by atoms with Gasteiger partial charge in [-0.15, -0.1) is 11.3 Å². The first-order valence-corrected chi connectivity index (χ1v) is 23.1. The van der Waals surface area contributed by atoms with E-state index in [4.69, 9.17) is 40.5 Å². The second-order valence-electron chi connectivity index (χ2n) is 18.9. The quantitative estimate of drug-likeness (QED) is 0.122. The Morgan fingerprint density at radius 3 is 2.52 bits per heavy atom. The zero-order valence-corrected chi connectivity index (χ0v) is 37.7. The summed E-state index contributed by atoms with van der Waals surface area (Å²) in [6, 6.07) is 3.31. The molecule has 2 aromatic heterocycles. The number of hydrogen-bond donors (Lipinski definition) is 5. The third-order valence-electron chi connectivity index (χ3n) is 12.8. The number of amides is 3. The maximum atomic E-state index is 14.8. The maximum Gasteiger partial charge on any atom is 0.408 e. The number of halogens is 1. The van der Waals surface area contributed by atoms with Gasteiger partial charge in [0.15, 0.2) is 5.13 Å². The van der Waals surface area contributed by atoms with E-state index in [0.717, 1.165) is 24.5 Å². The Morgan fingerprint density at radius 1 is 1.08 bits per heavy atom. The topological polar surface area (TPSA) is 203 Å². The number of carboxylic acid groups (broad SMARTS) is 1. The minimum Gasteiger partial charge on any atom is -0.490 e. The van der Waals surface area contributed by atoms with Crippen LogP contribution in [0.25, 0.3) is 22.3 Å². The number of nitrogens with one attached hydrogen (secondary N) is 4. The minimum atomic E-state index is -1.42. The predicted molar refractivity (Wildman–Crippen MR) is 234 cm³/mol. The van der Waals surface area contributed by atoms with Gasteiger partial charge >= 0.3 is 12.1 Å². The lowest BCUT2D eigenvalue weighted by molar-refractivity contribution is -0.146. The summed E-state index contributed by atoms with van der Waals surface area (Å²) in [5.74, 6) is -0.434. The Hall–Kier alpha value is -4.45. The number of thiazole rings is 1. The molecule has 3 amide bonds. The Balaban J connectivity index is 1.10. The predicted octanol–water partition coefficient (Wildman–Crippen LogP) is 5.86. The molecule has 62 heavy (non-hydrogen) atoms. The molecule has 0 spiro atoms. The van der Waals surface area contributed by atoms with Crippen LogP contribution in [0, 0.1) is 23.2 Å². The summed E-state index contributed by atoms with van der Waals surface area (Å²) >= 11 is 8.52. The molecule has 5 fully saturated rings. The lowest BCUT2D eigenvalue weighted by Crippen LogP contribution is -2.59. The smallest absolute Gasteiger partial charge is 0.408 e. The van der Waals surface area contributed by atoms with Crippen LogP contribution in [-0.4, -0.2) is 119 Å². The van der Waals surface area contributed by atoms with Crippen LogP contribution in [0.1, 0.15) is 80.1 Å². The summed E-state index contributed by atoms with van der Waals surface area (Å²) in [7, 11) is 0. The average Bonchev–Trinajstić information content (AvgIpc) is 3.90. The second-order valence-corrected chi connectivity index (χ2v) is 20.1. The van der Waals surface area contributed by atoms with Crippen LogP contribution >= 0.6 is 22.9 Å². The highest BCUT2D eigenvalue weighted by atomic mass is 35.5. The molecular formula is C44H58ClN7O9S. The first kappa shape index (κ1) is 44.2. The van der Waals surface area contributed by atoms with Crippen molar-refractivity contribution in [2.45, 2.75) is 122 Å². The molecule has 0 unspecified atom stereocenters.